The smallest absolute Gasteiger partial charge is 0.305 e. The number of ether oxygens (including phenoxy) is 1. The molecular formula is C36H48N2O14S4. The molecule has 20 heteroatoms. The van der Waals surface area contributed by atoms with Crippen molar-refractivity contribution in [1.82, 2.24) is 0 Å². The Hall–Kier alpha value is -3.63. The zero-order valence-corrected chi connectivity index (χ0v) is 34.7. The van der Waals surface area contributed by atoms with Crippen LogP contribution in [0.25, 0.3) is 0 Å². The topological polar surface area (TPSA) is 250 Å². The van der Waals surface area contributed by atoms with Crippen molar-refractivity contribution in [2.24, 2.45) is 0 Å². The van der Waals surface area contributed by atoms with E-state index in [2.05, 4.69) is 0 Å². The number of esters is 1. The molecule has 4 rings (SSSR count). The molecule has 2 aliphatic heterocycles. The van der Waals surface area contributed by atoms with E-state index in [4.69, 9.17) is 4.74 Å². The summed E-state index contributed by atoms with van der Waals surface area (Å²) in [6.45, 7) is 5.91. The van der Waals surface area contributed by atoms with Gasteiger partial charge in [-0.2, -0.15) is 33.7 Å². The third-order valence-electron chi connectivity index (χ3n) is 10.2. The fourth-order valence-electron chi connectivity index (χ4n) is 7.49. The maximum atomic E-state index is 12.2. The second-order valence-corrected chi connectivity index (χ2v) is 20.5. The van der Waals surface area contributed by atoms with Gasteiger partial charge in [-0.3, -0.25) is 23.0 Å². The Labute approximate surface area is 328 Å². The van der Waals surface area contributed by atoms with Crippen LogP contribution in [-0.2, 0) is 60.8 Å². The molecule has 0 bridgehead atoms. The van der Waals surface area contributed by atoms with Crippen molar-refractivity contribution in [2.45, 2.75) is 86.0 Å². The molecule has 56 heavy (non-hydrogen) atoms. The zero-order chi connectivity index (χ0) is 41.9. The fourth-order valence-corrected chi connectivity index (χ4v) is 9.49. The molecular weight excluding hydrogens is 813 g/mol. The van der Waals surface area contributed by atoms with Crippen LogP contribution in [0.3, 0.4) is 0 Å². The first kappa shape index (κ1) is 45.1. The predicted octanol–water partition coefficient (Wildman–Crippen LogP) is 4.71. The molecule has 2 aromatic carbocycles. The van der Waals surface area contributed by atoms with Crippen LogP contribution in [0.4, 0.5) is 11.4 Å². The van der Waals surface area contributed by atoms with Gasteiger partial charge in [-0.25, -0.2) is 0 Å². The van der Waals surface area contributed by atoms with E-state index in [1.165, 1.54) is 43.5 Å². The van der Waals surface area contributed by atoms with Crippen molar-refractivity contribution in [3.05, 3.63) is 83.6 Å². The number of fused-ring (bicyclic) bond motifs is 2. The molecule has 4 N–H and O–H groups in total. The highest BCUT2D eigenvalue weighted by Crippen LogP contribution is 2.52. The van der Waals surface area contributed by atoms with E-state index < -0.39 is 74.8 Å². The normalized spacial score (nSPS) is 20.6. The van der Waals surface area contributed by atoms with E-state index >= 15 is 0 Å². The average molecular weight is 861 g/mol. The lowest BCUT2D eigenvalue weighted by Gasteiger charge is -2.32. The molecule has 0 saturated carbocycles. The molecule has 0 amide bonds. The molecule has 16 nitrogen and oxygen atoms in total. The number of nitrogens with zero attached hydrogens (tertiary/aromatic N) is 2. The molecule has 0 aliphatic carbocycles. The van der Waals surface area contributed by atoms with Crippen LogP contribution in [-0.4, -0.2) is 95.6 Å². The number of hydrogen-bond acceptors (Lipinski definition) is 12. The van der Waals surface area contributed by atoms with Crippen molar-refractivity contribution >= 4 is 57.8 Å². The summed E-state index contributed by atoms with van der Waals surface area (Å²) < 4.78 is 138. The second-order valence-electron chi connectivity index (χ2n) is 14.5. The van der Waals surface area contributed by atoms with Gasteiger partial charge in [0.15, 0.2) is 0 Å². The standard InChI is InChI=1S/C36H48N2O14S4/c1-35(2)28-24-26(55(46,47)48)15-17-30(28)37(20-10-22-53(40,41)42)32(35)12-6-5-7-13-33-36(3,19-9-8-14-34(39)52-4)29-25-27(56(49,50)51)16-18-31(29)38(33)21-11-23-54(43,44)45/h5-7,12-13,15-18,24-25,32H,8-11,14,19-23H2,1-4H3,(H,40,41,42)(H,43,44,45)(H,46,47,48)(H,49,50,51)/b7-5+,12-6+,33-13-. The zero-order valence-electron chi connectivity index (χ0n) is 31.4. The minimum absolute atomic E-state index is 0.0156. The molecule has 2 aliphatic rings. The van der Waals surface area contributed by atoms with Crippen molar-refractivity contribution in [3.8, 4) is 0 Å². The number of carbonyl (C=O) groups is 1. The molecule has 0 saturated heterocycles. The van der Waals surface area contributed by atoms with E-state index in [-0.39, 0.29) is 42.1 Å². The van der Waals surface area contributed by atoms with Gasteiger partial charge in [0, 0.05) is 47.4 Å². The third-order valence-corrected chi connectivity index (χ3v) is 13.6. The number of unbranched alkanes of at least 4 members (excludes halogenated alkanes) is 1. The summed E-state index contributed by atoms with van der Waals surface area (Å²) in [5.41, 5.74) is 1.32. The number of anilines is 2. The summed E-state index contributed by atoms with van der Waals surface area (Å²) >= 11 is 0. The van der Waals surface area contributed by atoms with E-state index in [1.54, 1.807) is 24.3 Å². The number of hydrogen-bond donors (Lipinski definition) is 4. The average Bonchev–Trinajstić information content (AvgIpc) is 3.43. The first-order valence-corrected chi connectivity index (χ1v) is 23.7. The van der Waals surface area contributed by atoms with Crippen LogP contribution < -0.4 is 9.80 Å². The maximum Gasteiger partial charge on any atom is 0.305 e. The van der Waals surface area contributed by atoms with Crippen LogP contribution in [0.15, 0.2) is 82.3 Å². The minimum Gasteiger partial charge on any atom is -0.469 e. The fraction of sp³-hybridized carbons (Fsp3) is 0.472. The summed E-state index contributed by atoms with van der Waals surface area (Å²) in [5.74, 6) is -1.42. The van der Waals surface area contributed by atoms with E-state index in [1.807, 2.05) is 36.6 Å². The molecule has 2 heterocycles. The van der Waals surface area contributed by atoms with Crippen LogP contribution in [0.2, 0.25) is 0 Å². The number of benzene rings is 2. The molecule has 0 radical (unpaired) electrons. The lowest BCUT2D eigenvalue weighted by atomic mass is 9.77. The van der Waals surface area contributed by atoms with Crippen LogP contribution in [0.1, 0.15) is 70.4 Å². The number of allylic oxidation sites excluding steroid dienone is 5. The highest BCUT2D eigenvalue weighted by molar-refractivity contribution is 7.86. The van der Waals surface area contributed by atoms with Crippen molar-refractivity contribution in [2.75, 3.05) is 41.5 Å². The molecule has 2 aromatic rings. The van der Waals surface area contributed by atoms with Crippen molar-refractivity contribution in [1.29, 1.82) is 0 Å². The number of carbonyl (C=O) groups excluding carboxylic acids is 1. The third kappa shape index (κ3) is 10.9. The first-order valence-electron chi connectivity index (χ1n) is 17.6. The van der Waals surface area contributed by atoms with Gasteiger partial charge >= 0.3 is 5.97 Å². The summed E-state index contributed by atoms with van der Waals surface area (Å²) in [4.78, 5) is 14.9. The largest absolute Gasteiger partial charge is 0.469 e. The highest BCUT2D eigenvalue weighted by Gasteiger charge is 2.45. The van der Waals surface area contributed by atoms with Gasteiger partial charge in [0.25, 0.3) is 40.5 Å². The van der Waals surface area contributed by atoms with E-state index in [0.29, 0.717) is 47.5 Å². The molecule has 0 aromatic heterocycles. The molecule has 2 unspecified atom stereocenters. The lowest BCUT2D eigenvalue weighted by molar-refractivity contribution is -0.140. The van der Waals surface area contributed by atoms with Gasteiger partial charge in [0.05, 0.1) is 34.4 Å². The Balaban J connectivity index is 1.75. The SMILES string of the molecule is COC(=O)CCCCC1(C)/C(=C/C=C/C=C/C2N(CCCS(=O)(=O)O)c3ccc(S(=O)(=O)O)cc3C2(C)C)N(CCCS(=O)(=O)O)c2ccc(S(=O)(=O)O)cc21. The molecule has 0 fully saturated rings. The van der Waals surface area contributed by atoms with Crippen molar-refractivity contribution < 1.29 is 61.4 Å². The van der Waals surface area contributed by atoms with Gasteiger partial charge in [-0.15, -0.1) is 0 Å². The van der Waals surface area contributed by atoms with E-state index in [0.717, 1.165) is 0 Å². The molecule has 0 spiro atoms. The Bertz CT molecular complexity index is 2350. The van der Waals surface area contributed by atoms with Gasteiger partial charge < -0.3 is 14.5 Å². The first-order chi connectivity index (χ1) is 25.8. The summed E-state index contributed by atoms with van der Waals surface area (Å²) in [6.07, 6.45) is 10.4. The minimum atomic E-state index is -4.60. The quantitative estimate of drug-likeness (QED) is 0.0686. The van der Waals surface area contributed by atoms with Gasteiger partial charge in [-0.05, 0) is 86.2 Å². The number of rotatable bonds is 18. The summed E-state index contributed by atoms with van der Waals surface area (Å²) in [6, 6.07) is 7.86. The molecule has 310 valence electrons. The summed E-state index contributed by atoms with van der Waals surface area (Å²) in [5, 5.41) is 0. The second kappa shape index (κ2) is 17.1. The number of methoxy groups -OCH3 is 1. The van der Waals surface area contributed by atoms with Crippen LogP contribution in [0, 0.1) is 0 Å². The highest BCUT2D eigenvalue weighted by atomic mass is 32.2. The van der Waals surface area contributed by atoms with Crippen LogP contribution >= 0.6 is 0 Å². The van der Waals surface area contributed by atoms with Crippen LogP contribution in [0.5, 0.6) is 0 Å². The van der Waals surface area contributed by atoms with Gasteiger partial charge in [0.2, 0.25) is 0 Å². The van der Waals surface area contributed by atoms with Gasteiger partial charge in [0.1, 0.15) is 0 Å². The Kier molecular flexibility index (Phi) is 13.7. The summed E-state index contributed by atoms with van der Waals surface area (Å²) in [7, 11) is -16.4. The Morgan fingerprint density at radius 1 is 0.732 bits per heavy atom. The monoisotopic (exact) mass is 860 g/mol. The predicted molar refractivity (Wildman–Crippen MR) is 210 cm³/mol. The Morgan fingerprint density at radius 2 is 1.29 bits per heavy atom. The van der Waals surface area contributed by atoms with Gasteiger partial charge in [-0.1, -0.05) is 44.6 Å². The Morgan fingerprint density at radius 3 is 1.84 bits per heavy atom. The molecule has 2 atom stereocenters. The van der Waals surface area contributed by atoms with Crippen molar-refractivity contribution in [3.63, 3.8) is 0 Å². The van der Waals surface area contributed by atoms with E-state index in [9.17, 15) is 56.7 Å². The maximum absolute atomic E-state index is 12.2. The lowest BCUT2D eigenvalue weighted by Crippen LogP contribution is -2.40.